The third kappa shape index (κ3) is 0.827. The van der Waals surface area contributed by atoms with Crippen LogP contribution in [0.3, 0.4) is 0 Å². The topological polar surface area (TPSA) is 29.1 Å². The van der Waals surface area contributed by atoms with Crippen molar-refractivity contribution in [2.45, 2.75) is 12.8 Å². The number of nitrogens with one attached hydrogen (secondary N) is 1. The minimum Gasteiger partial charge on any atom is -0.322 e. The zero-order valence-corrected chi connectivity index (χ0v) is 6.18. The smallest absolute Gasteiger partial charge is 0.255 e. The first kappa shape index (κ1) is 6.40. The Morgan fingerprint density at radius 1 is 1.36 bits per heavy atom. The number of carbonyl (C=O) groups excluding carboxylic acids is 1. The van der Waals surface area contributed by atoms with E-state index in [1.807, 2.05) is 6.08 Å². The molecular weight excluding hydrogens is 138 g/mol. The van der Waals surface area contributed by atoms with Gasteiger partial charge in [-0.05, 0) is 12.8 Å². The fourth-order valence-corrected chi connectivity index (χ4v) is 1.40. The van der Waals surface area contributed by atoms with E-state index in [0.29, 0.717) is 5.57 Å². The molecule has 1 fully saturated rings. The van der Waals surface area contributed by atoms with Gasteiger partial charge in [-0.1, -0.05) is 18.7 Å². The molecule has 0 bridgehead atoms. The average molecular weight is 147 g/mol. The molecule has 1 aliphatic carbocycles. The van der Waals surface area contributed by atoms with Crippen molar-refractivity contribution in [3.8, 4) is 0 Å². The van der Waals surface area contributed by atoms with Crippen LogP contribution in [0.15, 0.2) is 35.6 Å². The first-order valence-electron chi connectivity index (χ1n) is 3.70. The molecule has 1 heterocycles. The van der Waals surface area contributed by atoms with Crippen LogP contribution in [0, 0.1) is 0 Å². The monoisotopic (exact) mass is 147 g/mol. The van der Waals surface area contributed by atoms with Gasteiger partial charge in [-0.2, -0.15) is 0 Å². The molecule has 2 heteroatoms. The average Bonchev–Trinajstić information content (AvgIpc) is 2.30. The molecule has 1 N–H and O–H groups in total. The molecule has 2 rings (SSSR count). The Bertz CT molecular complexity index is 297. The number of rotatable bonds is 0. The second-order valence-corrected chi connectivity index (χ2v) is 2.75. The molecule has 2 nitrogen and oxygen atoms in total. The molecule has 11 heavy (non-hydrogen) atoms. The standard InChI is InChI=1S/C9H9NO/c1-6-7-4-2-3-5-8(7)10-9(6)11/h4-5H,1-3H2,(H,10,11). The van der Waals surface area contributed by atoms with Gasteiger partial charge in [0.1, 0.15) is 0 Å². The van der Waals surface area contributed by atoms with Crippen LogP contribution < -0.4 is 5.32 Å². The van der Waals surface area contributed by atoms with Crippen LogP contribution in [0.4, 0.5) is 0 Å². The van der Waals surface area contributed by atoms with Crippen molar-refractivity contribution >= 4 is 5.91 Å². The molecule has 0 aromatic heterocycles. The van der Waals surface area contributed by atoms with Gasteiger partial charge in [-0.15, -0.1) is 0 Å². The molecule has 0 spiro atoms. The van der Waals surface area contributed by atoms with E-state index in [1.165, 1.54) is 0 Å². The van der Waals surface area contributed by atoms with Crippen LogP contribution in [-0.2, 0) is 4.79 Å². The Balaban J connectivity index is 2.46. The van der Waals surface area contributed by atoms with Crippen LogP contribution in [0.2, 0.25) is 0 Å². The van der Waals surface area contributed by atoms with Gasteiger partial charge in [-0.3, -0.25) is 4.79 Å². The van der Waals surface area contributed by atoms with Gasteiger partial charge >= 0.3 is 0 Å². The maximum absolute atomic E-state index is 11.0. The lowest BCUT2D eigenvalue weighted by Gasteiger charge is -2.04. The lowest BCUT2D eigenvalue weighted by molar-refractivity contribution is -0.115. The zero-order chi connectivity index (χ0) is 7.84. The molecular formula is C9H9NO. The summed E-state index contributed by atoms with van der Waals surface area (Å²) in [6.45, 7) is 3.70. The van der Waals surface area contributed by atoms with Gasteiger partial charge in [0.25, 0.3) is 5.91 Å². The second-order valence-electron chi connectivity index (χ2n) is 2.75. The van der Waals surface area contributed by atoms with E-state index >= 15 is 0 Å². The molecule has 56 valence electrons. The third-order valence-electron chi connectivity index (χ3n) is 2.00. The lowest BCUT2D eigenvalue weighted by Crippen LogP contribution is -2.12. The predicted molar refractivity (Wildman–Crippen MR) is 42.7 cm³/mol. The molecule has 0 aromatic rings. The van der Waals surface area contributed by atoms with Gasteiger partial charge in [-0.25, -0.2) is 0 Å². The molecule has 1 aliphatic heterocycles. The van der Waals surface area contributed by atoms with E-state index in [4.69, 9.17) is 0 Å². The first-order chi connectivity index (χ1) is 5.29. The van der Waals surface area contributed by atoms with Crippen molar-refractivity contribution in [2.24, 2.45) is 0 Å². The largest absolute Gasteiger partial charge is 0.322 e. The molecule has 0 atom stereocenters. The minimum absolute atomic E-state index is 0.0515. The SMILES string of the molecule is C=C1C(=O)NC2=CCCC=C12. The highest BCUT2D eigenvalue weighted by Crippen LogP contribution is 2.27. The van der Waals surface area contributed by atoms with Gasteiger partial charge in [0, 0.05) is 16.8 Å². The molecule has 1 saturated heterocycles. The molecule has 1 amide bonds. The minimum atomic E-state index is -0.0515. The van der Waals surface area contributed by atoms with E-state index < -0.39 is 0 Å². The number of amides is 1. The summed E-state index contributed by atoms with van der Waals surface area (Å²) in [5.74, 6) is -0.0515. The number of hydrogen-bond acceptors (Lipinski definition) is 1. The predicted octanol–water partition coefficient (Wildman–Crippen LogP) is 1.28. The van der Waals surface area contributed by atoms with Crippen LogP contribution in [0.25, 0.3) is 0 Å². The molecule has 0 unspecified atom stereocenters. The summed E-state index contributed by atoms with van der Waals surface area (Å²) in [6.07, 6.45) is 6.15. The van der Waals surface area contributed by atoms with E-state index in [9.17, 15) is 4.79 Å². The van der Waals surface area contributed by atoms with Crippen molar-refractivity contribution in [2.75, 3.05) is 0 Å². The summed E-state index contributed by atoms with van der Waals surface area (Å²) in [5.41, 5.74) is 2.56. The summed E-state index contributed by atoms with van der Waals surface area (Å²) in [6, 6.07) is 0. The summed E-state index contributed by atoms with van der Waals surface area (Å²) >= 11 is 0. The Morgan fingerprint density at radius 2 is 2.09 bits per heavy atom. The quantitative estimate of drug-likeness (QED) is 0.514. The van der Waals surface area contributed by atoms with Gasteiger partial charge in [0.2, 0.25) is 0 Å². The van der Waals surface area contributed by atoms with Gasteiger partial charge in [0.15, 0.2) is 0 Å². The highest BCUT2D eigenvalue weighted by Gasteiger charge is 2.25. The Hall–Kier alpha value is -1.31. The van der Waals surface area contributed by atoms with E-state index in [0.717, 1.165) is 24.1 Å². The lowest BCUT2D eigenvalue weighted by atomic mass is 10.0. The summed E-state index contributed by atoms with van der Waals surface area (Å²) in [5, 5.41) is 2.76. The van der Waals surface area contributed by atoms with Crippen LogP contribution in [0.1, 0.15) is 12.8 Å². The second kappa shape index (κ2) is 2.09. The first-order valence-corrected chi connectivity index (χ1v) is 3.70. The van der Waals surface area contributed by atoms with Gasteiger partial charge < -0.3 is 5.32 Å². The van der Waals surface area contributed by atoms with Gasteiger partial charge in [0.05, 0.1) is 0 Å². The van der Waals surface area contributed by atoms with Crippen molar-refractivity contribution < 1.29 is 4.79 Å². The van der Waals surface area contributed by atoms with E-state index in [-0.39, 0.29) is 5.91 Å². The van der Waals surface area contributed by atoms with Crippen molar-refractivity contribution in [3.05, 3.63) is 35.6 Å². The fourth-order valence-electron chi connectivity index (χ4n) is 1.40. The molecule has 2 aliphatic rings. The Labute approximate surface area is 65.3 Å². The fraction of sp³-hybridized carbons (Fsp3) is 0.222. The van der Waals surface area contributed by atoms with E-state index in [1.54, 1.807) is 0 Å². The maximum atomic E-state index is 11.0. The number of carbonyl (C=O) groups is 1. The normalized spacial score (nSPS) is 22.2. The summed E-state index contributed by atoms with van der Waals surface area (Å²) < 4.78 is 0. The molecule has 0 saturated carbocycles. The number of allylic oxidation sites excluding steroid dienone is 3. The number of fused-ring (bicyclic) bond motifs is 1. The maximum Gasteiger partial charge on any atom is 0.255 e. The highest BCUT2D eigenvalue weighted by molar-refractivity contribution is 6.04. The van der Waals surface area contributed by atoms with E-state index in [2.05, 4.69) is 18.0 Å². The molecule has 0 radical (unpaired) electrons. The Morgan fingerprint density at radius 3 is 2.82 bits per heavy atom. The Kier molecular flexibility index (Phi) is 1.22. The summed E-state index contributed by atoms with van der Waals surface area (Å²) in [7, 11) is 0. The van der Waals surface area contributed by atoms with Crippen molar-refractivity contribution in [1.82, 2.24) is 5.32 Å². The van der Waals surface area contributed by atoms with Crippen LogP contribution in [-0.4, -0.2) is 5.91 Å². The van der Waals surface area contributed by atoms with Crippen LogP contribution >= 0.6 is 0 Å². The number of hydrogen-bond donors (Lipinski definition) is 1. The molecule has 0 aromatic carbocycles. The third-order valence-corrected chi connectivity index (χ3v) is 2.00. The van der Waals surface area contributed by atoms with Crippen LogP contribution in [0.5, 0.6) is 0 Å². The van der Waals surface area contributed by atoms with Crippen molar-refractivity contribution in [3.63, 3.8) is 0 Å². The zero-order valence-electron chi connectivity index (χ0n) is 6.18. The highest BCUT2D eigenvalue weighted by atomic mass is 16.2. The van der Waals surface area contributed by atoms with Crippen molar-refractivity contribution in [1.29, 1.82) is 0 Å². The summed E-state index contributed by atoms with van der Waals surface area (Å²) in [4.78, 5) is 11.0.